The number of carbonyl (C=O) groups excluding carboxylic acids is 1. The molecule has 138 valence electrons. The minimum Gasteiger partial charge on any atom is -0.497 e. The number of amides is 1. The van der Waals surface area contributed by atoms with Gasteiger partial charge in [0.05, 0.1) is 29.8 Å². The molecule has 0 bridgehead atoms. The molecule has 0 saturated carbocycles. The molecule has 1 N–H and O–H groups in total. The molecule has 2 aromatic rings. The predicted octanol–water partition coefficient (Wildman–Crippen LogP) is 4.06. The second-order valence-electron chi connectivity index (χ2n) is 5.38. The van der Waals surface area contributed by atoms with E-state index in [2.05, 4.69) is 31.4 Å². The molecular formula is C19H16BrN3O3S. The van der Waals surface area contributed by atoms with Crippen LogP contribution < -0.4 is 14.8 Å². The summed E-state index contributed by atoms with van der Waals surface area (Å²) >= 11 is 4.67. The first kappa shape index (κ1) is 19.2. The van der Waals surface area contributed by atoms with Crippen molar-refractivity contribution in [2.24, 2.45) is 10.2 Å². The maximum absolute atomic E-state index is 12.1. The molecule has 0 spiro atoms. The van der Waals surface area contributed by atoms with Crippen LogP contribution in [0, 0.1) is 0 Å². The summed E-state index contributed by atoms with van der Waals surface area (Å²) in [4.78, 5) is 12.6. The number of nitrogens with zero attached hydrogens (tertiary/aromatic N) is 2. The average Bonchev–Trinajstić information content (AvgIpc) is 3.02. The topological polar surface area (TPSA) is 72.3 Å². The van der Waals surface area contributed by atoms with Crippen molar-refractivity contribution in [3.63, 3.8) is 0 Å². The zero-order chi connectivity index (χ0) is 19.2. The van der Waals surface area contributed by atoms with Crippen LogP contribution in [0.1, 0.15) is 11.1 Å². The van der Waals surface area contributed by atoms with Gasteiger partial charge in [-0.1, -0.05) is 12.1 Å². The molecule has 0 radical (unpaired) electrons. The third-order valence-electron chi connectivity index (χ3n) is 3.60. The number of rotatable bonds is 5. The number of hydrogen-bond donors (Lipinski definition) is 1. The van der Waals surface area contributed by atoms with Gasteiger partial charge >= 0.3 is 0 Å². The number of methoxy groups -OCH3 is 2. The van der Waals surface area contributed by atoms with Crippen LogP contribution in [0.15, 0.2) is 62.0 Å². The molecule has 27 heavy (non-hydrogen) atoms. The number of hydrogen-bond acceptors (Lipinski definition) is 6. The Balaban J connectivity index is 1.68. The summed E-state index contributed by atoms with van der Waals surface area (Å²) in [5.74, 6) is 1.31. The van der Waals surface area contributed by atoms with Crippen molar-refractivity contribution >= 4 is 51.1 Å². The van der Waals surface area contributed by atoms with E-state index in [0.717, 1.165) is 27.1 Å². The fourth-order valence-electron chi connectivity index (χ4n) is 2.24. The monoisotopic (exact) mass is 445 g/mol. The normalized spacial score (nSPS) is 16.9. The summed E-state index contributed by atoms with van der Waals surface area (Å²) in [6.45, 7) is 0. The van der Waals surface area contributed by atoms with Gasteiger partial charge in [0.15, 0.2) is 5.17 Å². The Kier molecular flexibility index (Phi) is 6.31. The Morgan fingerprint density at radius 3 is 2.48 bits per heavy atom. The Labute approximate surface area is 169 Å². The summed E-state index contributed by atoms with van der Waals surface area (Å²) in [7, 11) is 3.22. The van der Waals surface area contributed by atoms with Crippen LogP contribution in [0.5, 0.6) is 11.5 Å². The van der Waals surface area contributed by atoms with Crippen molar-refractivity contribution in [2.45, 2.75) is 0 Å². The number of carbonyl (C=O) groups is 1. The molecule has 1 aliphatic rings. The van der Waals surface area contributed by atoms with E-state index in [1.807, 2.05) is 42.5 Å². The second kappa shape index (κ2) is 8.88. The fraction of sp³-hybridized carbons (Fsp3) is 0.105. The maximum atomic E-state index is 12.1. The molecule has 1 aliphatic heterocycles. The molecule has 8 heteroatoms. The van der Waals surface area contributed by atoms with E-state index in [0.29, 0.717) is 10.1 Å². The highest BCUT2D eigenvalue weighted by molar-refractivity contribution is 9.10. The highest BCUT2D eigenvalue weighted by atomic mass is 79.9. The summed E-state index contributed by atoms with van der Waals surface area (Å²) in [6.07, 6.45) is 3.40. The maximum Gasteiger partial charge on any atom is 0.264 e. The summed E-state index contributed by atoms with van der Waals surface area (Å²) < 4.78 is 11.1. The van der Waals surface area contributed by atoms with Gasteiger partial charge in [0.2, 0.25) is 0 Å². The van der Waals surface area contributed by atoms with Gasteiger partial charge in [0.1, 0.15) is 11.5 Å². The lowest BCUT2D eigenvalue weighted by atomic mass is 10.2. The number of nitrogens with one attached hydrogen (secondary N) is 1. The number of ether oxygens (including phenoxy) is 2. The third kappa shape index (κ3) is 4.99. The first-order chi connectivity index (χ1) is 13.1. The van der Waals surface area contributed by atoms with Gasteiger partial charge in [0.25, 0.3) is 5.91 Å². The molecular weight excluding hydrogens is 430 g/mol. The van der Waals surface area contributed by atoms with Crippen molar-refractivity contribution < 1.29 is 14.3 Å². The molecule has 0 aliphatic carbocycles. The van der Waals surface area contributed by atoms with E-state index in [-0.39, 0.29) is 5.91 Å². The number of thioether (sulfide) groups is 1. The molecule has 2 aromatic carbocycles. The van der Waals surface area contributed by atoms with Crippen LogP contribution in [0.3, 0.4) is 0 Å². The van der Waals surface area contributed by atoms with Gasteiger partial charge < -0.3 is 9.47 Å². The lowest BCUT2D eigenvalue weighted by Crippen LogP contribution is -2.19. The Morgan fingerprint density at radius 2 is 1.81 bits per heavy atom. The molecule has 0 atom stereocenters. The van der Waals surface area contributed by atoms with Crippen molar-refractivity contribution in [2.75, 3.05) is 14.2 Å². The minimum atomic E-state index is -0.197. The van der Waals surface area contributed by atoms with E-state index >= 15 is 0 Å². The number of benzene rings is 2. The van der Waals surface area contributed by atoms with E-state index < -0.39 is 0 Å². The second-order valence-corrected chi connectivity index (χ2v) is 7.27. The van der Waals surface area contributed by atoms with Gasteiger partial charge in [0, 0.05) is 0 Å². The predicted molar refractivity (Wildman–Crippen MR) is 112 cm³/mol. The van der Waals surface area contributed by atoms with Gasteiger partial charge in [-0.2, -0.15) is 5.10 Å². The van der Waals surface area contributed by atoms with Gasteiger partial charge in [-0.05, 0) is 75.2 Å². The van der Waals surface area contributed by atoms with E-state index in [9.17, 15) is 4.79 Å². The summed E-state index contributed by atoms with van der Waals surface area (Å²) in [5, 5.41) is 11.2. The fourth-order valence-corrected chi connectivity index (χ4v) is 3.57. The van der Waals surface area contributed by atoms with Crippen LogP contribution in [-0.4, -0.2) is 31.5 Å². The van der Waals surface area contributed by atoms with Crippen molar-refractivity contribution in [3.05, 3.63) is 63.0 Å². The van der Waals surface area contributed by atoms with E-state index in [1.165, 1.54) is 11.8 Å². The summed E-state index contributed by atoms with van der Waals surface area (Å²) in [5.41, 5.74) is 1.76. The zero-order valence-electron chi connectivity index (χ0n) is 14.6. The van der Waals surface area contributed by atoms with Crippen LogP contribution in [0.2, 0.25) is 0 Å². The molecule has 0 aromatic heterocycles. The number of amidine groups is 1. The zero-order valence-corrected chi connectivity index (χ0v) is 17.0. The first-order valence-corrected chi connectivity index (χ1v) is 9.49. The van der Waals surface area contributed by atoms with Crippen molar-refractivity contribution in [1.82, 2.24) is 5.32 Å². The van der Waals surface area contributed by atoms with Crippen LogP contribution >= 0.6 is 27.7 Å². The molecule has 1 heterocycles. The Hall–Kier alpha value is -2.58. The van der Waals surface area contributed by atoms with Crippen LogP contribution in [0.25, 0.3) is 6.08 Å². The lowest BCUT2D eigenvalue weighted by molar-refractivity contribution is -0.115. The Bertz CT molecular complexity index is 940. The highest BCUT2D eigenvalue weighted by Crippen LogP contribution is 2.27. The quantitative estimate of drug-likeness (QED) is 0.427. The van der Waals surface area contributed by atoms with Crippen molar-refractivity contribution in [3.8, 4) is 11.5 Å². The van der Waals surface area contributed by atoms with Gasteiger partial charge in [-0.3, -0.25) is 10.1 Å². The summed E-state index contributed by atoms with van der Waals surface area (Å²) in [6, 6.07) is 13.0. The van der Waals surface area contributed by atoms with Crippen LogP contribution in [0.4, 0.5) is 0 Å². The largest absolute Gasteiger partial charge is 0.497 e. The smallest absolute Gasteiger partial charge is 0.264 e. The van der Waals surface area contributed by atoms with E-state index in [4.69, 9.17) is 9.47 Å². The highest BCUT2D eigenvalue weighted by Gasteiger charge is 2.23. The van der Waals surface area contributed by atoms with E-state index in [1.54, 1.807) is 26.5 Å². The molecule has 1 fully saturated rings. The minimum absolute atomic E-state index is 0.197. The first-order valence-electron chi connectivity index (χ1n) is 7.88. The third-order valence-corrected chi connectivity index (χ3v) is 5.12. The van der Waals surface area contributed by atoms with Crippen molar-refractivity contribution in [1.29, 1.82) is 0 Å². The standard InChI is InChI=1S/C19H16BrN3O3S/c1-25-14-6-3-12(4-7-14)10-17-18(24)22-19(27-17)23-21-11-13-5-8-16(26-2)15(20)9-13/h3-11H,1-2H3,(H,22,23,24)/b17-10+,21-11+. The molecule has 6 nitrogen and oxygen atoms in total. The lowest BCUT2D eigenvalue weighted by Gasteiger charge is -2.02. The SMILES string of the molecule is COc1ccc(/C=C2/S/C(=N/N=C/c3ccc(OC)c(Br)c3)NC2=O)cc1. The van der Waals surface area contributed by atoms with Crippen LogP contribution in [-0.2, 0) is 4.79 Å². The van der Waals surface area contributed by atoms with Gasteiger partial charge in [-0.15, -0.1) is 5.10 Å². The van der Waals surface area contributed by atoms with Gasteiger partial charge in [-0.25, -0.2) is 0 Å². The molecule has 1 amide bonds. The molecule has 1 saturated heterocycles. The Morgan fingerprint density at radius 1 is 1.07 bits per heavy atom. The average molecular weight is 446 g/mol. The number of halogens is 1. The molecule has 0 unspecified atom stereocenters. The molecule has 3 rings (SSSR count).